The Labute approximate surface area is 167 Å². The van der Waals surface area contributed by atoms with Crippen LogP contribution in [0.15, 0.2) is 42.5 Å². The number of hydrogen-bond acceptors (Lipinski definition) is 7. The molecule has 3 rings (SSSR count). The zero-order valence-electron chi connectivity index (χ0n) is 16.2. The molecule has 2 heterocycles. The third-order valence-electron chi connectivity index (χ3n) is 4.40. The average Bonchev–Trinajstić information content (AvgIpc) is 2.69. The fourth-order valence-electron chi connectivity index (χ4n) is 2.97. The van der Waals surface area contributed by atoms with Crippen LogP contribution < -0.4 is 9.64 Å². The predicted octanol–water partition coefficient (Wildman–Crippen LogP) is 2.67. The molecule has 0 saturated heterocycles. The van der Waals surface area contributed by atoms with Gasteiger partial charge in [0.2, 0.25) is 0 Å². The first kappa shape index (κ1) is 20.2. The van der Waals surface area contributed by atoms with Gasteiger partial charge in [-0.05, 0) is 48.2 Å². The number of benzene rings is 1. The van der Waals surface area contributed by atoms with Gasteiger partial charge in [-0.1, -0.05) is 30.3 Å². The largest absolute Gasteiger partial charge is 0.472 e. The maximum absolute atomic E-state index is 12.7. The van der Waals surface area contributed by atoms with Crippen LogP contribution in [0.4, 0.5) is 11.6 Å². The molecule has 9 heteroatoms. The molecule has 1 aliphatic rings. The molecule has 0 unspecified atom stereocenters. The standard InChI is InChI=1S/C20H21N3O6/c1-20(2)19(25)22(18-15(29-20)10-11-16(21-18)23(26)27)13-17(24)28-12-6-9-14-7-4-3-5-8-14/h3-5,7-8,10-11H,6,9,12-13H2,1-2H3. The van der Waals surface area contributed by atoms with Gasteiger partial charge >= 0.3 is 11.8 Å². The molecule has 152 valence electrons. The molecular weight excluding hydrogens is 378 g/mol. The Morgan fingerprint density at radius 2 is 1.97 bits per heavy atom. The van der Waals surface area contributed by atoms with E-state index >= 15 is 0 Å². The summed E-state index contributed by atoms with van der Waals surface area (Å²) in [6.07, 6.45) is 1.40. The first-order valence-corrected chi connectivity index (χ1v) is 9.14. The molecule has 0 bridgehead atoms. The number of fused-ring (bicyclic) bond motifs is 1. The first-order chi connectivity index (χ1) is 13.8. The van der Waals surface area contributed by atoms with E-state index in [1.165, 1.54) is 12.1 Å². The van der Waals surface area contributed by atoms with Gasteiger partial charge in [0.1, 0.15) is 6.54 Å². The maximum atomic E-state index is 12.7. The molecule has 29 heavy (non-hydrogen) atoms. The zero-order chi connectivity index (χ0) is 21.0. The summed E-state index contributed by atoms with van der Waals surface area (Å²) in [6, 6.07) is 12.4. The number of pyridine rings is 1. The third kappa shape index (κ3) is 4.68. The Balaban J connectivity index is 1.67. The Hall–Kier alpha value is -3.49. The van der Waals surface area contributed by atoms with E-state index in [0.717, 1.165) is 16.9 Å². The van der Waals surface area contributed by atoms with E-state index in [1.807, 2.05) is 30.3 Å². The lowest BCUT2D eigenvalue weighted by molar-refractivity contribution is -0.389. The number of nitro groups is 1. The Bertz CT molecular complexity index is 929. The number of anilines is 1. The monoisotopic (exact) mass is 399 g/mol. The van der Waals surface area contributed by atoms with Crippen molar-refractivity contribution in [1.82, 2.24) is 4.98 Å². The fourth-order valence-corrected chi connectivity index (χ4v) is 2.97. The van der Waals surface area contributed by atoms with Gasteiger partial charge in [-0.25, -0.2) is 0 Å². The molecule has 0 spiro atoms. The molecule has 0 saturated carbocycles. The van der Waals surface area contributed by atoms with Gasteiger partial charge in [-0.3, -0.25) is 14.5 Å². The molecule has 2 aromatic rings. The molecule has 1 aromatic heterocycles. The van der Waals surface area contributed by atoms with Crippen molar-refractivity contribution in [2.45, 2.75) is 32.3 Å². The van der Waals surface area contributed by atoms with Crippen LogP contribution in [0, 0.1) is 10.1 Å². The molecule has 9 nitrogen and oxygen atoms in total. The molecule has 0 atom stereocenters. The van der Waals surface area contributed by atoms with E-state index in [-0.39, 0.29) is 18.2 Å². The highest BCUT2D eigenvalue weighted by Crippen LogP contribution is 2.37. The van der Waals surface area contributed by atoms with Crippen LogP contribution in [0.5, 0.6) is 5.75 Å². The van der Waals surface area contributed by atoms with E-state index in [9.17, 15) is 19.7 Å². The molecule has 0 radical (unpaired) electrons. The van der Waals surface area contributed by atoms with Crippen molar-refractivity contribution in [2.75, 3.05) is 18.1 Å². The van der Waals surface area contributed by atoms with Crippen molar-refractivity contribution in [1.29, 1.82) is 0 Å². The number of aryl methyl sites for hydroxylation is 1. The summed E-state index contributed by atoms with van der Waals surface area (Å²) in [6.45, 7) is 2.90. The Morgan fingerprint density at radius 3 is 2.66 bits per heavy atom. The highest BCUT2D eigenvalue weighted by Gasteiger charge is 2.45. The van der Waals surface area contributed by atoms with Crippen molar-refractivity contribution in [3.8, 4) is 5.75 Å². The van der Waals surface area contributed by atoms with Crippen LogP contribution >= 0.6 is 0 Å². The third-order valence-corrected chi connectivity index (χ3v) is 4.40. The van der Waals surface area contributed by atoms with Crippen LogP contribution in [0.2, 0.25) is 0 Å². The van der Waals surface area contributed by atoms with Gasteiger partial charge in [-0.2, -0.15) is 0 Å². The summed E-state index contributed by atoms with van der Waals surface area (Å²) in [5.74, 6) is -1.47. The molecule has 0 aliphatic carbocycles. The molecular formula is C20H21N3O6. The Kier molecular flexibility index (Phi) is 5.76. The summed E-state index contributed by atoms with van der Waals surface area (Å²) in [7, 11) is 0. The number of aromatic nitrogens is 1. The number of amides is 1. The van der Waals surface area contributed by atoms with Gasteiger partial charge in [0, 0.05) is 6.07 Å². The number of esters is 1. The summed E-state index contributed by atoms with van der Waals surface area (Å²) in [5, 5.41) is 11.0. The molecule has 1 aromatic carbocycles. The number of hydrogen-bond donors (Lipinski definition) is 0. The number of carbonyl (C=O) groups excluding carboxylic acids is 2. The number of carbonyl (C=O) groups is 2. The van der Waals surface area contributed by atoms with Crippen molar-refractivity contribution < 1.29 is 24.0 Å². The van der Waals surface area contributed by atoms with Gasteiger partial charge in [0.25, 0.3) is 11.7 Å². The van der Waals surface area contributed by atoms with E-state index in [1.54, 1.807) is 13.8 Å². The van der Waals surface area contributed by atoms with Crippen molar-refractivity contribution in [3.05, 3.63) is 58.1 Å². The lowest BCUT2D eigenvalue weighted by atomic mass is 10.1. The van der Waals surface area contributed by atoms with E-state index in [4.69, 9.17) is 9.47 Å². The van der Waals surface area contributed by atoms with Crippen LogP contribution in [-0.4, -0.2) is 40.5 Å². The van der Waals surface area contributed by atoms with Crippen LogP contribution in [0.1, 0.15) is 25.8 Å². The number of rotatable bonds is 7. The number of ether oxygens (including phenoxy) is 2. The van der Waals surface area contributed by atoms with E-state index in [0.29, 0.717) is 6.42 Å². The highest BCUT2D eigenvalue weighted by molar-refractivity contribution is 6.04. The first-order valence-electron chi connectivity index (χ1n) is 9.14. The Morgan fingerprint density at radius 1 is 1.24 bits per heavy atom. The van der Waals surface area contributed by atoms with Crippen molar-refractivity contribution >= 4 is 23.5 Å². The number of nitrogens with zero attached hydrogens (tertiary/aromatic N) is 3. The van der Waals surface area contributed by atoms with Crippen LogP contribution in [0.25, 0.3) is 0 Å². The van der Waals surface area contributed by atoms with Gasteiger partial charge in [0.05, 0.1) is 6.61 Å². The smallest absolute Gasteiger partial charge is 0.366 e. The summed E-state index contributed by atoms with van der Waals surface area (Å²) in [4.78, 5) is 40.3. The van der Waals surface area contributed by atoms with Gasteiger partial charge in [0.15, 0.2) is 11.4 Å². The van der Waals surface area contributed by atoms with E-state index in [2.05, 4.69) is 4.98 Å². The maximum Gasteiger partial charge on any atom is 0.366 e. The zero-order valence-corrected chi connectivity index (χ0v) is 16.2. The second kappa shape index (κ2) is 8.26. The lowest BCUT2D eigenvalue weighted by Crippen LogP contribution is -2.54. The fraction of sp³-hybridized carbons (Fsp3) is 0.350. The van der Waals surface area contributed by atoms with Gasteiger partial charge < -0.3 is 19.6 Å². The normalized spacial score (nSPS) is 14.7. The minimum Gasteiger partial charge on any atom is -0.472 e. The van der Waals surface area contributed by atoms with E-state index < -0.39 is 34.8 Å². The minimum atomic E-state index is -1.24. The van der Waals surface area contributed by atoms with Gasteiger partial charge in [-0.15, -0.1) is 0 Å². The topological polar surface area (TPSA) is 112 Å². The van der Waals surface area contributed by atoms with Crippen molar-refractivity contribution in [3.63, 3.8) is 0 Å². The summed E-state index contributed by atoms with van der Waals surface area (Å²) in [5.41, 5.74) is -0.0996. The molecule has 1 aliphatic heterocycles. The van der Waals surface area contributed by atoms with Crippen LogP contribution in [0.3, 0.4) is 0 Å². The molecule has 0 fully saturated rings. The second-order valence-corrected chi connectivity index (χ2v) is 7.06. The minimum absolute atomic E-state index is 0.0650. The average molecular weight is 399 g/mol. The van der Waals surface area contributed by atoms with Crippen LogP contribution in [-0.2, 0) is 20.7 Å². The lowest BCUT2D eigenvalue weighted by Gasteiger charge is -2.35. The predicted molar refractivity (Wildman–Crippen MR) is 104 cm³/mol. The second-order valence-electron chi connectivity index (χ2n) is 7.06. The van der Waals surface area contributed by atoms with Crippen molar-refractivity contribution in [2.24, 2.45) is 0 Å². The summed E-state index contributed by atoms with van der Waals surface area (Å²) < 4.78 is 10.8. The molecule has 0 N–H and O–H groups in total. The molecule has 1 amide bonds. The highest BCUT2D eigenvalue weighted by atomic mass is 16.6. The quantitative estimate of drug-likeness (QED) is 0.304. The summed E-state index contributed by atoms with van der Waals surface area (Å²) >= 11 is 0. The SMILES string of the molecule is CC1(C)Oc2ccc([N+](=O)[O-])nc2N(CC(=O)OCCCc2ccccc2)C1=O.